The summed E-state index contributed by atoms with van der Waals surface area (Å²) in [4.78, 5) is 10.8. The third kappa shape index (κ3) is 2.72. The van der Waals surface area contributed by atoms with Gasteiger partial charge in [-0.1, -0.05) is 13.8 Å². The molecule has 0 aliphatic heterocycles. The minimum atomic E-state index is -0.609. The molecule has 5 N–H and O–H groups in total. The molecule has 0 spiro atoms. The van der Waals surface area contributed by atoms with E-state index in [9.17, 15) is 4.79 Å². The van der Waals surface area contributed by atoms with Gasteiger partial charge in [-0.3, -0.25) is 4.79 Å². The molecule has 5 nitrogen and oxygen atoms in total. The van der Waals surface area contributed by atoms with Crippen molar-refractivity contribution in [1.29, 1.82) is 0 Å². The zero-order chi connectivity index (χ0) is 12.3. The minimum absolute atomic E-state index is 0.0907. The van der Waals surface area contributed by atoms with Gasteiger partial charge in [-0.25, -0.2) is 0 Å². The Hall–Kier alpha value is -0.650. The topological polar surface area (TPSA) is 90.4 Å². The highest BCUT2D eigenvalue weighted by Crippen LogP contribution is 2.42. The van der Waals surface area contributed by atoms with E-state index in [-0.39, 0.29) is 5.41 Å². The first-order valence-corrected chi connectivity index (χ1v) is 5.79. The first kappa shape index (κ1) is 13.4. The van der Waals surface area contributed by atoms with Crippen molar-refractivity contribution in [2.75, 3.05) is 13.2 Å². The molecule has 1 aliphatic rings. The van der Waals surface area contributed by atoms with Crippen LogP contribution < -0.4 is 16.8 Å². The number of hydrogen-bond donors (Lipinski definition) is 3. The average molecular weight is 229 g/mol. The standard InChI is InChI=1S/C11H23N3O2/c1-4-16-9-5-8(11(9,2)3)14-6-7(12)10(13)15/h7-9,14H,4-6,12H2,1-3H3,(H2,13,15). The molecule has 3 unspecified atom stereocenters. The lowest BCUT2D eigenvalue weighted by Gasteiger charge is -2.52. The highest BCUT2D eigenvalue weighted by atomic mass is 16.5. The van der Waals surface area contributed by atoms with Crippen molar-refractivity contribution in [3.63, 3.8) is 0 Å². The van der Waals surface area contributed by atoms with Crippen LogP contribution in [0, 0.1) is 5.41 Å². The Bertz CT molecular complexity index is 256. The van der Waals surface area contributed by atoms with Gasteiger partial charge in [0.2, 0.25) is 5.91 Å². The van der Waals surface area contributed by atoms with E-state index in [2.05, 4.69) is 19.2 Å². The molecule has 1 fully saturated rings. The summed E-state index contributed by atoms with van der Waals surface area (Å²) in [7, 11) is 0. The van der Waals surface area contributed by atoms with E-state index in [4.69, 9.17) is 16.2 Å². The molecular weight excluding hydrogens is 206 g/mol. The van der Waals surface area contributed by atoms with Gasteiger partial charge in [0.1, 0.15) is 0 Å². The minimum Gasteiger partial charge on any atom is -0.378 e. The van der Waals surface area contributed by atoms with E-state index in [1.54, 1.807) is 0 Å². The van der Waals surface area contributed by atoms with Crippen LogP contribution in [0.5, 0.6) is 0 Å². The third-order valence-corrected chi connectivity index (χ3v) is 3.50. The maximum atomic E-state index is 10.8. The maximum absolute atomic E-state index is 10.8. The number of primary amides is 1. The van der Waals surface area contributed by atoms with E-state index in [1.165, 1.54) is 0 Å². The van der Waals surface area contributed by atoms with Crippen molar-refractivity contribution < 1.29 is 9.53 Å². The van der Waals surface area contributed by atoms with Gasteiger partial charge in [0.05, 0.1) is 12.1 Å². The van der Waals surface area contributed by atoms with E-state index in [0.717, 1.165) is 13.0 Å². The Kier molecular flexibility index (Phi) is 4.29. The van der Waals surface area contributed by atoms with Gasteiger partial charge in [0.25, 0.3) is 0 Å². The lowest BCUT2D eigenvalue weighted by atomic mass is 9.64. The summed E-state index contributed by atoms with van der Waals surface area (Å²) in [6.07, 6.45) is 1.26. The van der Waals surface area contributed by atoms with Crippen LogP contribution in [0.4, 0.5) is 0 Å². The molecule has 0 aromatic heterocycles. The smallest absolute Gasteiger partial charge is 0.235 e. The Morgan fingerprint density at radius 2 is 2.25 bits per heavy atom. The van der Waals surface area contributed by atoms with Gasteiger partial charge in [-0.05, 0) is 13.3 Å². The summed E-state index contributed by atoms with van der Waals surface area (Å²) in [5.74, 6) is -0.467. The maximum Gasteiger partial charge on any atom is 0.235 e. The van der Waals surface area contributed by atoms with Crippen molar-refractivity contribution in [3.8, 4) is 0 Å². The van der Waals surface area contributed by atoms with E-state index in [1.807, 2.05) is 6.92 Å². The van der Waals surface area contributed by atoms with E-state index in [0.29, 0.717) is 18.7 Å². The molecule has 0 aromatic rings. The van der Waals surface area contributed by atoms with Gasteiger partial charge in [0, 0.05) is 24.6 Å². The number of carbonyl (C=O) groups is 1. The normalized spacial score (nSPS) is 29.5. The van der Waals surface area contributed by atoms with Gasteiger partial charge in [0.15, 0.2) is 0 Å². The lowest BCUT2D eigenvalue weighted by Crippen LogP contribution is -2.62. The highest BCUT2D eigenvalue weighted by molar-refractivity contribution is 5.79. The van der Waals surface area contributed by atoms with Crippen LogP contribution in [0.15, 0.2) is 0 Å². The molecule has 0 aromatic carbocycles. The molecule has 1 aliphatic carbocycles. The number of nitrogens with one attached hydrogen (secondary N) is 1. The Balaban J connectivity index is 2.33. The first-order chi connectivity index (χ1) is 7.39. The van der Waals surface area contributed by atoms with Crippen LogP contribution in [0.1, 0.15) is 27.2 Å². The van der Waals surface area contributed by atoms with Crippen LogP contribution in [0.2, 0.25) is 0 Å². The molecule has 0 radical (unpaired) electrons. The molecule has 16 heavy (non-hydrogen) atoms. The largest absolute Gasteiger partial charge is 0.378 e. The summed E-state index contributed by atoms with van der Waals surface area (Å²) in [6, 6.07) is -0.267. The molecule has 3 atom stereocenters. The number of nitrogens with two attached hydrogens (primary N) is 2. The summed E-state index contributed by atoms with van der Waals surface area (Å²) >= 11 is 0. The number of carbonyl (C=O) groups excluding carboxylic acids is 1. The van der Waals surface area contributed by atoms with Crippen molar-refractivity contribution in [2.24, 2.45) is 16.9 Å². The van der Waals surface area contributed by atoms with Gasteiger partial charge >= 0.3 is 0 Å². The van der Waals surface area contributed by atoms with Crippen molar-refractivity contribution in [2.45, 2.75) is 45.4 Å². The number of hydrogen-bond acceptors (Lipinski definition) is 4. The monoisotopic (exact) mass is 229 g/mol. The van der Waals surface area contributed by atoms with Gasteiger partial charge in [-0.15, -0.1) is 0 Å². The highest BCUT2D eigenvalue weighted by Gasteiger charge is 2.48. The second-order valence-electron chi connectivity index (χ2n) is 4.97. The second kappa shape index (κ2) is 5.12. The fourth-order valence-electron chi connectivity index (χ4n) is 2.09. The number of amides is 1. The van der Waals surface area contributed by atoms with Crippen molar-refractivity contribution in [1.82, 2.24) is 5.32 Å². The van der Waals surface area contributed by atoms with Crippen LogP contribution in [-0.4, -0.2) is 37.2 Å². The zero-order valence-corrected chi connectivity index (χ0v) is 10.3. The summed E-state index contributed by atoms with van der Waals surface area (Å²) in [5.41, 5.74) is 10.7. The Morgan fingerprint density at radius 3 is 2.69 bits per heavy atom. The van der Waals surface area contributed by atoms with Crippen LogP contribution in [0.3, 0.4) is 0 Å². The summed E-state index contributed by atoms with van der Waals surface area (Å²) in [5, 5.41) is 3.27. The second-order valence-corrected chi connectivity index (χ2v) is 4.97. The fourth-order valence-corrected chi connectivity index (χ4v) is 2.09. The molecule has 0 heterocycles. The van der Waals surface area contributed by atoms with Crippen LogP contribution in [0.25, 0.3) is 0 Å². The molecule has 1 rings (SSSR count). The molecule has 0 saturated heterocycles. The summed E-state index contributed by atoms with van der Waals surface area (Å²) < 4.78 is 5.61. The lowest BCUT2D eigenvalue weighted by molar-refractivity contribution is -0.121. The van der Waals surface area contributed by atoms with Crippen molar-refractivity contribution in [3.05, 3.63) is 0 Å². The van der Waals surface area contributed by atoms with Crippen LogP contribution in [-0.2, 0) is 9.53 Å². The van der Waals surface area contributed by atoms with E-state index < -0.39 is 11.9 Å². The number of rotatable bonds is 6. The molecule has 1 amide bonds. The van der Waals surface area contributed by atoms with Gasteiger partial charge in [-0.2, -0.15) is 0 Å². The molecule has 0 bridgehead atoms. The summed E-state index contributed by atoms with van der Waals surface area (Å²) in [6.45, 7) is 7.48. The van der Waals surface area contributed by atoms with Crippen LogP contribution >= 0.6 is 0 Å². The first-order valence-electron chi connectivity index (χ1n) is 5.79. The average Bonchev–Trinajstić information content (AvgIpc) is 2.21. The quantitative estimate of drug-likeness (QED) is 0.577. The molecule has 1 saturated carbocycles. The SMILES string of the molecule is CCOC1CC(NCC(N)C(N)=O)C1(C)C. The van der Waals surface area contributed by atoms with Gasteiger partial charge < -0.3 is 21.5 Å². The Labute approximate surface area is 96.9 Å². The molecule has 5 heteroatoms. The van der Waals surface area contributed by atoms with Crippen molar-refractivity contribution >= 4 is 5.91 Å². The van der Waals surface area contributed by atoms with E-state index >= 15 is 0 Å². The molecular formula is C11H23N3O2. The number of ether oxygens (including phenoxy) is 1. The zero-order valence-electron chi connectivity index (χ0n) is 10.3. The Morgan fingerprint density at radius 1 is 1.62 bits per heavy atom. The fraction of sp³-hybridized carbons (Fsp3) is 0.909. The predicted molar refractivity (Wildman–Crippen MR) is 62.8 cm³/mol. The molecule has 94 valence electrons. The third-order valence-electron chi connectivity index (χ3n) is 3.50. The predicted octanol–water partition coefficient (Wildman–Crippen LogP) is -0.408.